The predicted molar refractivity (Wildman–Crippen MR) is 78.5 cm³/mol. The zero-order chi connectivity index (χ0) is 14.5. The standard InChI is InChI=1S/C15H21N5O/c1-2-17-12-6-4-3-5-11(12)9-14-19-15(20-21-14)13-10-16-7-8-18-13/h7-8,10-12,17H,2-6,9H2,1H3. The highest BCUT2D eigenvalue weighted by Crippen LogP contribution is 2.27. The summed E-state index contributed by atoms with van der Waals surface area (Å²) < 4.78 is 5.39. The van der Waals surface area contributed by atoms with Crippen molar-refractivity contribution in [2.75, 3.05) is 6.54 Å². The van der Waals surface area contributed by atoms with E-state index in [-0.39, 0.29) is 0 Å². The quantitative estimate of drug-likeness (QED) is 0.908. The first-order valence-electron chi connectivity index (χ1n) is 7.69. The molecule has 2 aromatic rings. The summed E-state index contributed by atoms with van der Waals surface area (Å²) in [6.45, 7) is 3.17. The van der Waals surface area contributed by atoms with Crippen LogP contribution in [0.5, 0.6) is 0 Å². The molecule has 0 amide bonds. The summed E-state index contributed by atoms with van der Waals surface area (Å²) >= 11 is 0. The smallest absolute Gasteiger partial charge is 0.227 e. The van der Waals surface area contributed by atoms with Crippen molar-refractivity contribution in [2.45, 2.75) is 45.1 Å². The van der Waals surface area contributed by atoms with Crippen molar-refractivity contribution in [3.63, 3.8) is 0 Å². The van der Waals surface area contributed by atoms with E-state index in [0.29, 0.717) is 29.4 Å². The van der Waals surface area contributed by atoms with Crippen LogP contribution in [0.25, 0.3) is 11.5 Å². The molecule has 1 aliphatic rings. The Bertz CT molecular complexity index is 554. The third kappa shape index (κ3) is 3.44. The lowest BCUT2D eigenvalue weighted by atomic mass is 9.82. The lowest BCUT2D eigenvalue weighted by Crippen LogP contribution is -2.39. The largest absolute Gasteiger partial charge is 0.339 e. The van der Waals surface area contributed by atoms with Crippen LogP contribution in [-0.4, -0.2) is 32.7 Å². The molecule has 0 bridgehead atoms. The van der Waals surface area contributed by atoms with Gasteiger partial charge in [-0.15, -0.1) is 0 Å². The van der Waals surface area contributed by atoms with Gasteiger partial charge in [0.25, 0.3) is 0 Å². The average Bonchev–Trinajstić information content (AvgIpc) is 2.99. The fourth-order valence-electron chi connectivity index (χ4n) is 3.06. The zero-order valence-corrected chi connectivity index (χ0v) is 12.3. The summed E-state index contributed by atoms with van der Waals surface area (Å²) in [4.78, 5) is 12.7. The maximum atomic E-state index is 5.39. The third-order valence-electron chi connectivity index (χ3n) is 4.07. The van der Waals surface area contributed by atoms with E-state index in [0.717, 1.165) is 13.0 Å². The Labute approximate surface area is 124 Å². The van der Waals surface area contributed by atoms with E-state index in [4.69, 9.17) is 4.52 Å². The van der Waals surface area contributed by atoms with Gasteiger partial charge in [0.1, 0.15) is 5.69 Å². The summed E-state index contributed by atoms with van der Waals surface area (Å²) in [7, 11) is 0. The van der Waals surface area contributed by atoms with Gasteiger partial charge in [-0.1, -0.05) is 24.9 Å². The van der Waals surface area contributed by atoms with Gasteiger partial charge in [-0.3, -0.25) is 4.98 Å². The molecule has 2 unspecified atom stereocenters. The SMILES string of the molecule is CCNC1CCCCC1Cc1nc(-c2cnccn2)no1. The minimum absolute atomic E-state index is 0.522. The van der Waals surface area contributed by atoms with Crippen molar-refractivity contribution in [1.29, 1.82) is 0 Å². The normalized spacial score (nSPS) is 22.3. The minimum Gasteiger partial charge on any atom is -0.339 e. The van der Waals surface area contributed by atoms with Crippen LogP contribution in [-0.2, 0) is 6.42 Å². The Morgan fingerprint density at radius 1 is 1.29 bits per heavy atom. The van der Waals surface area contributed by atoms with E-state index in [9.17, 15) is 0 Å². The topological polar surface area (TPSA) is 76.7 Å². The molecule has 1 saturated carbocycles. The molecule has 2 heterocycles. The van der Waals surface area contributed by atoms with Crippen molar-refractivity contribution in [3.8, 4) is 11.5 Å². The molecule has 3 rings (SSSR count). The number of aromatic nitrogens is 4. The van der Waals surface area contributed by atoms with Gasteiger partial charge < -0.3 is 9.84 Å². The van der Waals surface area contributed by atoms with Crippen LogP contribution in [0, 0.1) is 5.92 Å². The summed E-state index contributed by atoms with van der Waals surface area (Å²) in [6.07, 6.45) is 10.8. The van der Waals surface area contributed by atoms with E-state index in [1.54, 1.807) is 18.6 Å². The lowest BCUT2D eigenvalue weighted by Gasteiger charge is -2.31. The van der Waals surface area contributed by atoms with E-state index in [1.165, 1.54) is 25.7 Å². The van der Waals surface area contributed by atoms with Crippen LogP contribution in [0.15, 0.2) is 23.1 Å². The molecule has 21 heavy (non-hydrogen) atoms. The molecule has 6 heteroatoms. The van der Waals surface area contributed by atoms with Gasteiger partial charge >= 0.3 is 0 Å². The van der Waals surface area contributed by atoms with E-state index in [2.05, 4.69) is 32.3 Å². The van der Waals surface area contributed by atoms with Gasteiger partial charge in [0.2, 0.25) is 11.7 Å². The Balaban J connectivity index is 1.69. The molecule has 2 aromatic heterocycles. The third-order valence-corrected chi connectivity index (χ3v) is 4.07. The van der Waals surface area contributed by atoms with E-state index < -0.39 is 0 Å². The highest BCUT2D eigenvalue weighted by atomic mass is 16.5. The second kappa shape index (κ2) is 6.76. The Kier molecular flexibility index (Phi) is 4.55. The molecular formula is C15H21N5O. The van der Waals surface area contributed by atoms with Crippen LogP contribution in [0.3, 0.4) is 0 Å². The van der Waals surface area contributed by atoms with Gasteiger partial charge in [0, 0.05) is 24.9 Å². The first-order chi connectivity index (χ1) is 10.4. The van der Waals surface area contributed by atoms with E-state index in [1.807, 2.05) is 0 Å². The number of hydrogen-bond acceptors (Lipinski definition) is 6. The van der Waals surface area contributed by atoms with Gasteiger partial charge in [-0.05, 0) is 25.3 Å². The molecule has 0 saturated heterocycles. The monoisotopic (exact) mass is 287 g/mol. The van der Waals surface area contributed by atoms with Crippen molar-refractivity contribution in [1.82, 2.24) is 25.4 Å². The fraction of sp³-hybridized carbons (Fsp3) is 0.600. The highest BCUT2D eigenvalue weighted by molar-refractivity contribution is 5.45. The highest BCUT2D eigenvalue weighted by Gasteiger charge is 2.26. The molecule has 112 valence electrons. The van der Waals surface area contributed by atoms with Crippen molar-refractivity contribution < 1.29 is 4.52 Å². The maximum absolute atomic E-state index is 5.39. The van der Waals surface area contributed by atoms with Crippen molar-refractivity contribution >= 4 is 0 Å². The Morgan fingerprint density at radius 3 is 3.00 bits per heavy atom. The lowest BCUT2D eigenvalue weighted by molar-refractivity contribution is 0.242. The summed E-state index contributed by atoms with van der Waals surface area (Å²) in [6, 6.07) is 0.565. The van der Waals surface area contributed by atoms with Crippen LogP contribution in [0.2, 0.25) is 0 Å². The molecule has 1 aliphatic carbocycles. The number of hydrogen-bond donors (Lipinski definition) is 1. The molecule has 0 aromatic carbocycles. The summed E-state index contributed by atoms with van der Waals surface area (Å²) in [5.41, 5.74) is 0.652. The average molecular weight is 287 g/mol. The Hall–Kier alpha value is -1.82. The molecule has 2 atom stereocenters. The van der Waals surface area contributed by atoms with Gasteiger partial charge in [-0.25, -0.2) is 4.98 Å². The first-order valence-corrected chi connectivity index (χ1v) is 7.69. The second-order valence-corrected chi connectivity index (χ2v) is 5.52. The molecule has 1 fully saturated rings. The van der Waals surface area contributed by atoms with Crippen LogP contribution in [0.4, 0.5) is 0 Å². The van der Waals surface area contributed by atoms with Gasteiger partial charge in [-0.2, -0.15) is 4.98 Å². The second-order valence-electron chi connectivity index (χ2n) is 5.52. The maximum Gasteiger partial charge on any atom is 0.227 e. The predicted octanol–water partition coefficient (Wildman–Crippen LogP) is 2.24. The molecular weight excluding hydrogens is 266 g/mol. The molecule has 6 nitrogen and oxygen atoms in total. The zero-order valence-electron chi connectivity index (χ0n) is 12.3. The van der Waals surface area contributed by atoms with Gasteiger partial charge in [0.15, 0.2) is 0 Å². The van der Waals surface area contributed by atoms with Crippen LogP contribution in [0.1, 0.15) is 38.5 Å². The number of nitrogens with zero attached hydrogens (tertiary/aromatic N) is 4. The number of rotatable bonds is 5. The molecule has 0 spiro atoms. The van der Waals surface area contributed by atoms with E-state index >= 15 is 0 Å². The summed E-state index contributed by atoms with van der Waals surface area (Å²) in [5.74, 6) is 1.80. The Morgan fingerprint density at radius 2 is 2.19 bits per heavy atom. The summed E-state index contributed by atoms with van der Waals surface area (Å²) in [5, 5.41) is 7.60. The van der Waals surface area contributed by atoms with Gasteiger partial charge in [0.05, 0.1) is 6.20 Å². The minimum atomic E-state index is 0.522. The molecule has 0 aliphatic heterocycles. The number of nitrogens with one attached hydrogen (secondary N) is 1. The van der Waals surface area contributed by atoms with Crippen LogP contribution >= 0.6 is 0 Å². The molecule has 1 N–H and O–H groups in total. The van der Waals surface area contributed by atoms with Crippen molar-refractivity contribution in [3.05, 3.63) is 24.5 Å². The first kappa shape index (κ1) is 14.1. The fourth-order valence-corrected chi connectivity index (χ4v) is 3.06. The van der Waals surface area contributed by atoms with Crippen molar-refractivity contribution in [2.24, 2.45) is 5.92 Å². The van der Waals surface area contributed by atoms with Crippen LogP contribution < -0.4 is 5.32 Å². The molecule has 0 radical (unpaired) electrons.